The molecule has 0 radical (unpaired) electrons. The summed E-state index contributed by atoms with van der Waals surface area (Å²) >= 11 is 7.66. The first kappa shape index (κ1) is 22.7. The van der Waals surface area contributed by atoms with Crippen LogP contribution in [0.3, 0.4) is 0 Å². The van der Waals surface area contributed by atoms with Gasteiger partial charge in [-0.25, -0.2) is 4.98 Å². The van der Waals surface area contributed by atoms with Crippen molar-refractivity contribution < 1.29 is 5.11 Å². The molecule has 5 rings (SSSR count). The van der Waals surface area contributed by atoms with Crippen molar-refractivity contribution in [2.75, 3.05) is 5.75 Å². The number of aromatic amines is 1. The van der Waals surface area contributed by atoms with Crippen LogP contribution in [-0.4, -0.2) is 40.6 Å². The van der Waals surface area contributed by atoms with Gasteiger partial charge < -0.3 is 10.1 Å². The zero-order valence-electron chi connectivity index (χ0n) is 18.5. The Morgan fingerprint density at radius 2 is 1.91 bits per heavy atom. The van der Waals surface area contributed by atoms with E-state index < -0.39 is 0 Å². The second kappa shape index (κ2) is 9.62. The molecule has 35 heavy (non-hydrogen) atoms. The Labute approximate surface area is 210 Å². The molecular formula is C25H18ClN7OS. The average molecular weight is 500 g/mol. The Morgan fingerprint density at radius 3 is 2.69 bits per heavy atom. The van der Waals surface area contributed by atoms with Gasteiger partial charge in [0.2, 0.25) is 0 Å². The molecular weight excluding hydrogens is 482 g/mol. The standard InChI is InChI=1S/C25H18ClN7OS/c1-15-18(26)5-4-8-21(15)33-24(16-9-11-28-12-10-16)31-32-25(33)35-14-22(34)17(13-27)23-29-19-6-2-3-7-20(19)30-23/h2-12,34H,14H2,1H3,(H,29,30). The van der Waals surface area contributed by atoms with Gasteiger partial charge in [0, 0.05) is 23.0 Å². The SMILES string of the molecule is Cc1c(Cl)cccc1-n1c(SCC(O)=C(C#N)c2nc3ccccc3[nH]2)nnc1-c1ccncc1. The minimum Gasteiger partial charge on any atom is -0.510 e. The molecule has 0 saturated carbocycles. The van der Waals surface area contributed by atoms with Crippen molar-refractivity contribution in [2.45, 2.75) is 12.1 Å². The van der Waals surface area contributed by atoms with Crippen LogP contribution in [-0.2, 0) is 0 Å². The molecule has 2 aromatic carbocycles. The average Bonchev–Trinajstić information content (AvgIpc) is 3.49. The fraction of sp³-hybridized carbons (Fsp3) is 0.0800. The lowest BCUT2D eigenvalue weighted by Gasteiger charge is -2.14. The van der Waals surface area contributed by atoms with E-state index in [0.717, 1.165) is 22.3 Å². The number of benzene rings is 2. The Bertz CT molecular complexity index is 1570. The summed E-state index contributed by atoms with van der Waals surface area (Å²) in [5.74, 6) is 0.908. The van der Waals surface area contributed by atoms with Gasteiger partial charge in [-0.05, 0) is 48.9 Å². The van der Waals surface area contributed by atoms with Crippen LogP contribution in [0, 0.1) is 18.3 Å². The molecule has 3 aromatic heterocycles. The number of halogens is 1. The summed E-state index contributed by atoms with van der Waals surface area (Å²) in [6.45, 7) is 1.93. The number of H-pyrrole nitrogens is 1. The van der Waals surface area contributed by atoms with E-state index in [1.54, 1.807) is 12.4 Å². The van der Waals surface area contributed by atoms with E-state index in [1.165, 1.54) is 11.8 Å². The molecule has 3 heterocycles. The molecule has 0 aliphatic carbocycles. The number of rotatable bonds is 6. The van der Waals surface area contributed by atoms with E-state index in [2.05, 4.69) is 31.2 Å². The largest absolute Gasteiger partial charge is 0.510 e. The highest BCUT2D eigenvalue weighted by Crippen LogP contribution is 2.32. The zero-order valence-corrected chi connectivity index (χ0v) is 20.0. The summed E-state index contributed by atoms with van der Waals surface area (Å²) in [5.41, 5.74) is 4.10. The first-order valence-corrected chi connectivity index (χ1v) is 11.9. The number of thioether (sulfide) groups is 1. The Kier molecular flexibility index (Phi) is 6.23. The lowest BCUT2D eigenvalue weighted by atomic mass is 10.2. The summed E-state index contributed by atoms with van der Waals surface area (Å²) in [6, 6.07) is 18.8. The molecule has 0 amide bonds. The van der Waals surface area contributed by atoms with Gasteiger partial charge in [0.05, 0.1) is 22.5 Å². The van der Waals surface area contributed by atoms with Gasteiger partial charge in [-0.3, -0.25) is 9.55 Å². The number of nitriles is 1. The number of hydrogen-bond acceptors (Lipinski definition) is 7. The topological polar surface area (TPSA) is 116 Å². The number of allylic oxidation sites excluding steroid dienone is 1. The summed E-state index contributed by atoms with van der Waals surface area (Å²) in [6.07, 6.45) is 3.38. The van der Waals surface area contributed by atoms with Gasteiger partial charge >= 0.3 is 0 Å². The maximum Gasteiger partial charge on any atom is 0.196 e. The molecule has 0 bridgehead atoms. The first-order chi connectivity index (χ1) is 17.1. The molecule has 0 aliphatic heterocycles. The summed E-state index contributed by atoms with van der Waals surface area (Å²) in [5, 5.41) is 30.5. The molecule has 0 saturated heterocycles. The number of para-hydroxylation sites is 2. The molecule has 0 aliphatic rings. The summed E-state index contributed by atoms with van der Waals surface area (Å²) in [7, 11) is 0. The highest BCUT2D eigenvalue weighted by molar-refractivity contribution is 7.99. The van der Waals surface area contributed by atoms with Crippen molar-refractivity contribution in [2.24, 2.45) is 0 Å². The third-order valence-electron chi connectivity index (χ3n) is 5.42. The zero-order chi connectivity index (χ0) is 24.4. The minimum atomic E-state index is -0.112. The number of aromatic nitrogens is 6. The first-order valence-electron chi connectivity index (χ1n) is 10.6. The molecule has 8 nitrogen and oxygen atoms in total. The van der Waals surface area contributed by atoms with Crippen LogP contribution < -0.4 is 0 Å². The molecule has 10 heteroatoms. The lowest BCUT2D eigenvalue weighted by Crippen LogP contribution is -2.03. The maximum absolute atomic E-state index is 10.8. The van der Waals surface area contributed by atoms with Crippen LogP contribution >= 0.6 is 23.4 Å². The van der Waals surface area contributed by atoms with Crippen molar-refractivity contribution in [1.29, 1.82) is 5.26 Å². The van der Waals surface area contributed by atoms with Gasteiger partial charge in [-0.2, -0.15) is 5.26 Å². The van der Waals surface area contributed by atoms with Crippen LogP contribution in [0.5, 0.6) is 0 Å². The second-order valence-electron chi connectivity index (χ2n) is 7.59. The van der Waals surface area contributed by atoms with Gasteiger partial charge in [-0.15, -0.1) is 10.2 Å². The quantitative estimate of drug-likeness (QED) is 0.173. The number of nitrogens with one attached hydrogen (secondary N) is 1. The monoisotopic (exact) mass is 499 g/mol. The van der Waals surface area contributed by atoms with Crippen LogP contribution in [0.4, 0.5) is 0 Å². The Morgan fingerprint density at radius 1 is 1.11 bits per heavy atom. The van der Waals surface area contributed by atoms with Crippen LogP contribution in [0.1, 0.15) is 11.4 Å². The highest BCUT2D eigenvalue weighted by Gasteiger charge is 2.20. The molecule has 0 atom stereocenters. The van der Waals surface area contributed by atoms with E-state index in [0.29, 0.717) is 27.3 Å². The molecule has 2 N–H and O–H groups in total. The van der Waals surface area contributed by atoms with Crippen LogP contribution in [0.15, 0.2) is 77.9 Å². The number of aliphatic hydroxyl groups is 1. The lowest BCUT2D eigenvalue weighted by molar-refractivity contribution is 0.420. The van der Waals surface area contributed by atoms with Crippen molar-refractivity contribution in [3.05, 3.63) is 89.2 Å². The van der Waals surface area contributed by atoms with Gasteiger partial charge in [-0.1, -0.05) is 41.6 Å². The predicted octanol–water partition coefficient (Wildman–Crippen LogP) is 5.75. The normalized spacial score (nSPS) is 11.9. The second-order valence-corrected chi connectivity index (χ2v) is 8.94. The molecule has 0 spiro atoms. The molecule has 0 fully saturated rings. The number of aliphatic hydroxyl groups excluding tert-OH is 1. The van der Waals surface area contributed by atoms with Crippen LogP contribution in [0.25, 0.3) is 33.7 Å². The third kappa shape index (κ3) is 4.37. The van der Waals surface area contributed by atoms with E-state index in [4.69, 9.17) is 11.6 Å². The highest BCUT2D eigenvalue weighted by atomic mass is 35.5. The smallest absolute Gasteiger partial charge is 0.196 e. The number of hydrogen-bond donors (Lipinski definition) is 2. The van der Waals surface area contributed by atoms with Gasteiger partial charge in [0.25, 0.3) is 0 Å². The van der Waals surface area contributed by atoms with Crippen molar-refractivity contribution >= 4 is 40.0 Å². The third-order valence-corrected chi connectivity index (χ3v) is 6.77. The molecule has 5 aromatic rings. The van der Waals surface area contributed by atoms with Gasteiger partial charge in [0.1, 0.15) is 17.4 Å². The van der Waals surface area contributed by atoms with Crippen LogP contribution in [0.2, 0.25) is 5.02 Å². The van der Waals surface area contributed by atoms with E-state index in [-0.39, 0.29) is 17.1 Å². The van der Waals surface area contributed by atoms with Crippen molar-refractivity contribution in [1.82, 2.24) is 29.7 Å². The Hall–Kier alpha value is -4.13. The summed E-state index contributed by atoms with van der Waals surface area (Å²) in [4.78, 5) is 11.6. The molecule has 0 unspecified atom stereocenters. The number of fused-ring (bicyclic) bond motifs is 1. The van der Waals surface area contributed by atoms with E-state index >= 15 is 0 Å². The van der Waals surface area contributed by atoms with Crippen molar-refractivity contribution in [3.8, 4) is 23.1 Å². The molecule has 172 valence electrons. The number of pyridine rings is 1. The predicted molar refractivity (Wildman–Crippen MR) is 136 cm³/mol. The maximum atomic E-state index is 10.8. The number of imidazole rings is 1. The fourth-order valence-corrected chi connectivity index (χ4v) is 4.63. The summed E-state index contributed by atoms with van der Waals surface area (Å²) < 4.78 is 1.89. The fourth-order valence-electron chi connectivity index (χ4n) is 3.64. The van der Waals surface area contributed by atoms with Gasteiger partial charge in [0.15, 0.2) is 16.8 Å². The number of nitrogens with zero attached hydrogens (tertiary/aromatic N) is 6. The van der Waals surface area contributed by atoms with E-state index in [1.807, 2.05) is 66.1 Å². The van der Waals surface area contributed by atoms with E-state index in [9.17, 15) is 10.4 Å². The minimum absolute atomic E-state index is 0.0769. The van der Waals surface area contributed by atoms with Crippen molar-refractivity contribution in [3.63, 3.8) is 0 Å². The Balaban J connectivity index is 1.53.